The molecule has 12 heavy (non-hydrogen) atoms. The highest BCUT2D eigenvalue weighted by Crippen LogP contribution is 2.21. The first-order valence-corrected chi connectivity index (χ1v) is 4.65. The van der Waals surface area contributed by atoms with E-state index in [1.165, 1.54) is 11.3 Å². The van der Waals surface area contributed by atoms with Crippen LogP contribution >= 0.6 is 11.3 Å². The fourth-order valence-electron chi connectivity index (χ4n) is 0.907. The molecule has 0 aliphatic heterocycles. The van der Waals surface area contributed by atoms with Gasteiger partial charge in [0.1, 0.15) is 5.00 Å². The monoisotopic (exact) mass is 183 g/mol. The van der Waals surface area contributed by atoms with Crippen LogP contribution in [0, 0.1) is 0 Å². The lowest BCUT2D eigenvalue weighted by molar-refractivity contribution is 0.0947. The molecule has 0 unspecified atom stereocenters. The lowest BCUT2D eigenvalue weighted by Crippen LogP contribution is -2.26. The molecule has 64 valence electrons. The van der Waals surface area contributed by atoms with E-state index in [1.807, 2.05) is 0 Å². The van der Waals surface area contributed by atoms with Crippen LogP contribution in [0.4, 0.5) is 5.00 Å². The largest absolute Gasteiger partial charge is 0.389 e. The zero-order chi connectivity index (χ0) is 8.55. The number of nitrogens with two attached hydrogens (primary N) is 1. The van der Waals surface area contributed by atoms with E-state index in [-0.39, 0.29) is 5.91 Å². The molecule has 1 heterocycles. The van der Waals surface area contributed by atoms with E-state index in [0.717, 1.165) is 12.8 Å². The molecule has 1 saturated carbocycles. The smallest absolute Gasteiger partial charge is 0.273 e. The van der Waals surface area contributed by atoms with E-state index in [1.54, 1.807) is 5.51 Å². The molecule has 1 amide bonds. The van der Waals surface area contributed by atoms with Crippen molar-refractivity contribution in [3.8, 4) is 0 Å². The molecule has 3 N–H and O–H groups in total. The van der Waals surface area contributed by atoms with Crippen molar-refractivity contribution in [2.45, 2.75) is 18.9 Å². The van der Waals surface area contributed by atoms with Gasteiger partial charge in [-0.1, -0.05) is 0 Å². The van der Waals surface area contributed by atoms with Gasteiger partial charge < -0.3 is 11.1 Å². The number of nitrogens with one attached hydrogen (secondary N) is 1. The zero-order valence-electron chi connectivity index (χ0n) is 6.41. The van der Waals surface area contributed by atoms with E-state index >= 15 is 0 Å². The van der Waals surface area contributed by atoms with Gasteiger partial charge in [0.15, 0.2) is 5.69 Å². The molecule has 0 saturated heterocycles. The second-order valence-corrected chi connectivity index (χ2v) is 3.70. The molecule has 5 heteroatoms. The van der Waals surface area contributed by atoms with Gasteiger partial charge in [-0.25, -0.2) is 4.98 Å². The molecule has 0 radical (unpaired) electrons. The second kappa shape index (κ2) is 2.75. The van der Waals surface area contributed by atoms with Crippen LogP contribution in [0.2, 0.25) is 0 Å². The Labute approximate surface area is 73.8 Å². The summed E-state index contributed by atoms with van der Waals surface area (Å²) in [5.41, 5.74) is 7.48. The van der Waals surface area contributed by atoms with Crippen LogP contribution in [0.5, 0.6) is 0 Å². The Morgan fingerprint density at radius 3 is 3.00 bits per heavy atom. The van der Waals surface area contributed by atoms with Crippen LogP contribution in [0.15, 0.2) is 5.51 Å². The average molecular weight is 183 g/mol. The minimum absolute atomic E-state index is 0.142. The summed E-state index contributed by atoms with van der Waals surface area (Å²) in [6.07, 6.45) is 2.16. The normalized spacial score (nSPS) is 16.0. The minimum Gasteiger partial charge on any atom is -0.389 e. The van der Waals surface area contributed by atoms with Crippen LogP contribution < -0.4 is 11.1 Å². The Bertz CT molecular complexity index is 305. The highest BCUT2D eigenvalue weighted by Gasteiger charge is 2.25. The van der Waals surface area contributed by atoms with Crippen LogP contribution in [0.1, 0.15) is 23.3 Å². The summed E-state index contributed by atoms with van der Waals surface area (Å²) in [6.45, 7) is 0. The Kier molecular flexibility index (Phi) is 1.73. The maximum absolute atomic E-state index is 11.3. The molecule has 0 spiro atoms. The summed E-state index contributed by atoms with van der Waals surface area (Å²) in [4.78, 5) is 15.2. The number of carbonyl (C=O) groups is 1. The zero-order valence-corrected chi connectivity index (χ0v) is 7.23. The van der Waals surface area contributed by atoms with Gasteiger partial charge in [0.2, 0.25) is 0 Å². The van der Waals surface area contributed by atoms with E-state index < -0.39 is 0 Å². The molecule has 0 atom stereocenters. The number of hydrogen-bond donors (Lipinski definition) is 2. The molecule has 1 aliphatic carbocycles. The lowest BCUT2D eigenvalue weighted by Gasteiger charge is -1.99. The molecular formula is C7H9N3OS. The first-order valence-electron chi connectivity index (χ1n) is 3.77. The van der Waals surface area contributed by atoms with Crippen molar-refractivity contribution in [2.75, 3.05) is 5.73 Å². The van der Waals surface area contributed by atoms with Crippen LogP contribution in [-0.4, -0.2) is 16.9 Å². The quantitative estimate of drug-likeness (QED) is 0.706. The highest BCUT2D eigenvalue weighted by atomic mass is 32.1. The second-order valence-electron chi connectivity index (χ2n) is 2.81. The minimum atomic E-state index is -0.142. The summed E-state index contributed by atoms with van der Waals surface area (Å²) in [5.74, 6) is -0.142. The average Bonchev–Trinajstić information content (AvgIpc) is 2.72. The van der Waals surface area contributed by atoms with Gasteiger partial charge in [-0.15, -0.1) is 11.3 Å². The lowest BCUT2D eigenvalue weighted by atomic mass is 10.4. The standard InChI is InChI=1S/C7H9N3OS/c8-6-5(9-3-12-6)7(11)10-4-1-2-4/h3-4H,1-2,8H2,(H,10,11). The molecule has 2 rings (SSSR count). The summed E-state index contributed by atoms with van der Waals surface area (Å²) in [7, 11) is 0. The van der Waals surface area contributed by atoms with Gasteiger partial charge in [-0.2, -0.15) is 0 Å². The fourth-order valence-corrected chi connectivity index (χ4v) is 1.44. The van der Waals surface area contributed by atoms with Crippen molar-refractivity contribution >= 4 is 22.2 Å². The van der Waals surface area contributed by atoms with Crippen molar-refractivity contribution in [1.29, 1.82) is 0 Å². The number of rotatable bonds is 2. The van der Waals surface area contributed by atoms with E-state index in [9.17, 15) is 4.79 Å². The summed E-state index contributed by atoms with van der Waals surface area (Å²) < 4.78 is 0. The third-order valence-electron chi connectivity index (χ3n) is 1.72. The SMILES string of the molecule is Nc1scnc1C(=O)NC1CC1. The van der Waals surface area contributed by atoms with Gasteiger partial charge in [0.05, 0.1) is 5.51 Å². The van der Waals surface area contributed by atoms with Crippen molar-refractivity contribution in [1.82, 2.24) is 10.3 Å². The molecular weight excluding hydrogens is 174 g/mol. The molecule has 4 nitrogen and oxygen atoms in total. The van der Waals surface area contributed by atoms with E-state index in [2.05, 4.69) is 10.3 Å². The molecule has 1 aromatic rings. The number of aromatic nitrogens is 1. The first kappa shape index (κ1) is 7.54. The van der Waals surface area contributed by atoms with E-state index in [4.69, 9.17) is 5.73 Å². The predicted octanol–water partition coefficient (Wildman–Crippen LogP) is 0.618. The molecule has 1 aliphatic rings. The van der Waals surface area contributed by atoms with Crippen molar-refractivity contribution < 1.29 is 4.79 Å². The molecule has 1 fully saturated rings. The number of nitrogens with zero attached hydrogens (tertiary/aromatic N) is 1. The highest BCUT2D eigenvalue weighted by molar-refractivity contribution is 7.14. The summed E-state index contributed by atoms with van der Waals surface area (Å²) >= 11 is 1.29. The number of thiazole rings is 1. The third kappa shape index (κ3) is 1.40. The van der Waals surface area contributed by atoms with Gasteiger partial charge in [-0.3, -0.25) is 4.79 Å². The topological polar surface area (TPSA) is 68.0 Å². The number of hydrogen-bond acceptors (Lipinski definition) is 4. The predicted molar refractivity (Wildman–Crippen MR) is 47.0 cm³/mol. The van der Waals surface area contributed by atoms with Crippen LogP contribution in [0.3, 0.4) is 0 Å². The van der Waals surface area contributed by atoms with Gasteiger partial charge in [-0.05, 0) is 12.8 Å². The molecule has 0 bridgehead atoms. The van der Waals surface area contributed by atoms with Gasteiger partial charge in [0.25, 0.3) is 5.91 Å². The maximum atomic E-state index is 11.3. The van der Waals surface area contributed by atoms with Crippen LogP contribution in [-0.2, 0) is 0 Å². The van der Waals surface area contributed by atoms with Gasteiger partial charge >= 0.3 is 0 Å². The van der Waals surface area contributed by atoms with Gasteiger partial charge in [0, 0.05) is 6.04 Å². The Hall–Kier alpha value is -1.10. The first-order chi connectivity index (χ1) is 5.77. The maximum Gasteiger partial charge on any atom is 0.273 e. The fraction of sp³-hybridized carbons (Fsp3) is 0.429. The Morgan fingerprint density at radius 2 is 2.50 bits per heavy atom. The summed E-state index contributed by atoms with van der Waals surface area (Å²) in [6, 6.07) is 0.360. The molecule has 1 aromatic heterocycles. The van der Waals surface area contributed by atoms with Crippen molar-refractivity contribution in [3.05, 3.63) is 11.2 Å². The Morgan fingerprint density at radius 1 is 1.75 bits per heavy atom. The number of nitrogen functional groups attached to an aromatic ring is 1. The van der Waals surface area contributed by atoms with Crippen LogP contribution in [0.25, 0.3) is 0 Å². The molecule has 0 aromatic carbocycles. The number of amides is 1. The third-order valence-corrected chi connectivity index (χ3v) is 2.38. The van der Waals surface area contributed by atoms with E-state index in [0.29, 0.717) is 16.7 Å². The number of anilines is 1. The Balaban J connectivity index is 2.07. The van der Waals surface area contributed by atoms with Crippen molar-refractivity contribution in [3.63, 3.8) is 0 Å². The number of carbonyl (C=O) groups excluding carboxylic acids is 1. The van der Waals surface area contributed by atoms with Crippen molar-refractivity contribution in [2.24, 2.45) is 0 Å². The summed E-state index contributed by atoms with van der Waals surface area (Å²) in [5, 5.41) is 3.32.